The van der Waals surface area contributed by atoms with Crippen LogP contribution in [0.1, 0.15) is 23.2 Å². The minimum atomic E-state index is -0.288. The lowest BCUT2D eigenvalue weighted by atomic mass is 10.1. The second-order valence-electron chi connectivity index (χ2n) is 5.04. The van der Waals surface area contributed by atoms with Crippen LogP contribution in [0.4, 0.5) is 15.8 Å². The minimum absolute atomic E-state index is 0.0213. The molecule has 6 nitrogen and oxygen atoms in total. The Morgan fingerprint density at radius 3 is 2.68 bits per heavy atom. The Morgan fingerprint density at radius 1 is 1.23 bits per heavy atom. The number of hydrogen-bond donors (Lipinski definition) is 3. The number of thiazole rings is 1. The first-order valence-corrected chi connectivity index (χ1v) is 7.84. The molecule has 0 bridgehead atoms. The molecule has 1 aliphatic carbocycles. The third kappa shape index (κ3) is 3.25. The highest BCUT2D eigenvalue weighted by atomic mass is 32.1. The first-order chi connectivity index (χ1) is 10.7. The second kappa shape index (κ2) is 6.15. The van der Waals surface area contributed by atoms with E-state index in [1.165, 1.54) is 11.3 Å². The van der Waals surface area contributed by atoms with Gasteiger partial charge in [-0.2, -0.15) is 0 Å². The van der Waals surface area contributed by atoms with Gasteiger partial charge in [-0.25, -0.2) is 4.98 Å². The molecule has 2 aromatic rings. The highest BCUT2D eigenvalue weighted by molar-refractivity contribution is 7.19. The minimum Gasteiger partial charge on any atom is -0.379 e. The van der Waals surface area contributed by atoms with Crippen LogP contribution in [0.25, 0.3) is 0 Å². The molecule has 2 amide bonds. The number of nitrogens with one attached hydrogen (secondary N) is 3. The quantitative estimate of drug-likeness (QED) is 0.792. The maximum absolute atomic E-state index is 12.4. The van der Waals surface area contributed by atoms with Crippen LogP contribution < -0.4 is 16.0 Å². The lowest BCUT2D eigenvalue weighted by molar-refractivity contribution is -0.117. The van der Waals surface area contributed by atoms with E-state index >= 15 is 0 Å². The van der Waals surface area contributed by atoms with Gasteiger partial charge in [0.2, 0.25) is 5.91 Å². The lowest BCUT2D eigenvalue weighted by Gasteiger charge is -2.10. The largest absolute Gasteiger partial charge is 0.379 e. The molecule has 0 aliphatic heterocycles. The molecule has 0 spiro atoms. The number of anilines is 3. The summed E-state index contributed by atoms with van der Waals surface area (Å²) in [4.78, 5) is 28.4. The number of benzene rings is 1. The van der Waals surface area contributed by atoms with Crippen LogP contribution in [0, 0.1) is 5.92 Å². The molecule has 1 saturated carbocycles. The first kappa shape index (κ1) is 14.5. The Morgan fingerprint density at radius 2 is 2.00 bits per heavy atom. The third-order valence-electron chi connectivity index (χ3n) is 3.35. The summed E-state index contributed by atoms with van der Waals surface area (Å²) in [5.74, 6) is -0.219. The van der Waals surface area contributed by atoms with Gasteiger partial charge in [0.05, 0.1) is 17.4 Å². The van der Waals surface area contributed by atoms with Crippen LogP contribution in [-0.4, -0.2) is 23.8 Å². The van der Waals surface area contributed by atoms with E-state index in [0.717, 1.165) is 17.8 Å². The van der Waals surface area contributed by atoms with Crippen LogP contribution in [0.2, 0.25) is 0 Å². The van der Waals surface area contributed by atoms with Crippen LogP contribution in [-0.2, 0) is 4.79 Å². The number of nitrogens with zero attached hydrogens (tertiary/aromatic N) is 1. The summed E-state index contributed by atoms with van der Waals surface area (Å²) in [5.41, 5.74) is 0.958. The standard InChI is InChI=1S/C15H16N4O2S/c1-16-12-8-17-15(22-12)19-14(21)10-4-2-3-5-11(10)18-13(20)9-6-7-9/h2-5,8-9,16H,6-7H2,1H3,(H,18,20)(H,17,19,21). The Hall–Kier alpha value is -2.41. The summed E-state index contributed by atoms with van der Waals surface area (Å²) in [6, 6.07) is 6.98. The van der Waals surface area contributed by atoms with Gasteiger partial charge in [-0.15, -0.1) is 0 Å². The highest BCUT2D eigenvalue weighted by Gasteiger charge is 2.30. The molecular weight excluding hydrogens is 300 g/mol. The third-order valence-corrected chi connectivity index (χ3v) is 4.28. The van der Waals surface area contributed by atoms with Crippen molar-refractivity contribution in [2.75, 3.05) is 23.0 Å². The van der Waals surface area contributed by atoms with Crippen molar-refractivity contribution >= 4 is 39.0 Å². The fourth-order valence-electron chi connectivity index (χ4n) is 1.98. The van der Waals surface area contributed by atoms with E-state index in [9.17, 15) is 9.59 Å². The molecule has 1 fully saturated rings. The SMILES string of the molecule is CNc1cnc(NC(=O)c2ccccc2NC(=O)C2CC2)s1. The van der Waals surface area contributed by atoms with Gasteiger partial charge in [0, 0.05) is 13.0 Å². The smallest absolute Gasteiger partial charge is 0.259 e. The highest BCUT2D eigenvalue weighted by Crippen LogP contribution is 2.31. The molecule has 1 aromatic carbocycles. The average molecular weight is 316 g/mol. The zero-order valence-corrected chi connectivity index (χ0v) is 12.9. The van der Waals surface area contributed by atoms with E-state index in [2.05, 4.69) is 20.9 Å². The maximum atomic E-state index is 12.4. The van der Waals surface area contributed by atoms with Crippen molar-refractivity contribution in [1.29, 1.82) is 0 Å². The van der Waals surface area contributed by atoms with Crippen molar-refractivity contribution in [3.8, 4) is 0 Å². The number of carbonyl (C=O) groups is 2. The van der Waals surface area contributed by atoms with E-state index in [4.69, 9.17) is 0 Å². The normalized spacial score (nSPS) is 13.5. The number of carbonyl (C=O) groups excluding carboxylic acids is 2. The van der Waals surface area contributed by atoms with E-state index < -0.39 is 0 Å². The van der Waals surface area contributed by atoms with Crippen molar-refractivity contribution in [1.82, 2.24) is 4.98 Å². The fraction of sp³-hybridized carbons (Fsp3) is 0.267. The zero-order chi connectivity index (χ0) is 15.5. The van der Waals surface area contributed by atoms with Crippen molar-refractivity contribution in [3.05, 3.63) is 36.0 Å². The molecule has 1 heterocycles. The Kier molecular flexibility index (Phi) is 4.06. The molecule has 0 saturated heterocycles. The summed E-state index contributed by atoms with van der Waals surface area (Å²) < 4.78 is 0. The second-order valence-corrected chi connectivity index (χ2v) is 6.07. The van der Waals surface area contributed by atoms with E-state index in [1.807, 2.05) is 0 Å². The van der Waals surface area contributed by atoms with Gasteiger partial charge in [0.25, 0.3) is 5.91 Å². The number of rotatable bonds is 5. The van der Waals surface area contributed by atoms with Gasteiger partial charge in [0.15, 0.2) is 5.13 Å². The lowest BCUT2D eigenvalue weighted by Crippen LogP contribution is -2.19. The van der Waals surface area contributed by atoms with Gasteiger partial charge < -0.3 is 10.6 Å². The molecule has 0 unspecified atom stereocenters. The molecule has 1 aromatic heterocycles. The predicted octanol–water partition coefficient (Wildman–Crippen LogP) is 2.79. The molecular formula is C15H16N4O2S. The Balaban J connectivity index is 1.75. The van der Waals surface area contributed by atoms with Crippen LogP contribution in [0.15, 0.2) is 30.5 Å². The van der Waals surface area contributed by atoms with Gasteiger partial charge in [-0.05, 0) is 25.0 Å². The number of para-hydroxylation sites is 1. The average Bonchev–Trinajstić information content (AvgIpc) is 3.28. The molecule has 22 heavy (non-hydrogen) atoms. The molecule has 0 atom stereocenters. The predicted molar refractivity (Wildman–Crippen MR) is 87.4 cm³/mol. The number of amides is 2. The summed E-state index contributed by atoms with van der Waals surface area (Å²) >= 11 is 1.35. The van der Waals surface area contributed by atoms with Crippen LogP contribution in [0.3, 0.4) is 0 Å². The Labute approximate surface area is 132 Å². The topological polar surface area (TPSA) is 83.1 Å². The van der Waals surface area contributed by atoms with Gasteiger partial charge in [0.1, 0.15) is 5.00 Å². The molecule has 0 radical (unpaired) electrons. The molecule has 3 N–H and O–H groups in total. The van der Waals surface area contributed by atoms with Crippen LogP contribution in [0.5, 0.6) is 0 Å². The monoisotopic (exact) mass is 316 g/mol. The van der Waals surface area contributed by atoms with Crippen molar-refractivity contribution in [3.63, 3.8) is 0 Å². The van der Waals surface area contributed by atoms with Crippen molar-refractivity contribution in [2.45, 2.75) is 12.8 Å². The van der Waals surface area contributed by atoms with Crippen molar-refractivity contribution in [2.24, 2.45) is 5.92 Å². The van der Waals surface area contributed by atoms with Gasteiger partial charge in [-0.3, -0.25) is 14.9 Å². The van der Waals surface area contributed by atoms with Crippen molar-refractivity contribution < 1.29 is 9.59 Å². The fourth-order valence-corrected chi connectivity index (χ4v) is 2.65. The zero-order valence-electron chi connectivity index (χ0n) is 12.1. The van der Waals surface area contributed by atoms with E-state index in [0.29, 0.717) is 16.4 Å². The van der Waals surface area contributed by atoms with E-state index in [1.54, 1.807) is 37.5 Å². The molecule has 7 heteroatoms. The summed E-state index contributed by atoms with van der Waals surface area (Å²) in [6.45, 7) is 0. The Bertz CT molecular complexity index is 709. The van der Waals surface area contributed by atoms with Gasteiger partial charge in [-0.1, -0.05) is 23.5 Å². The van der Waals surface area contributed by atoms with E-state index in [-0.39, 0.29) is 17.7 Å². The van der Waals surface area contributed by atoms with Crippen LogP contribution >= 0.6 is 11.3 Å². The maximum Gasteiger partial charge on any atom is 0.259 e. The molecule has 114 valence electrons. The summed E-state index contributed by atoms with van der Waals surface area (Å²) in [6.07, 6.45) is 3.50. The summed E-state index contributed by atoms with van der Waals surface area (Å²) in [5, 5.41) is 9.92. The number of hydrogen-bond acceptors (Lipinski definition) is 5. The molecule has 3 rings (SSSR count). The number of aromatic nitrogens is 1. The summed E-state index contributed by atoms with van der Waals surface area (Å²) in [7, 11) is 1.79. The first-order valence-electron chi connectivity index (χ1n) is 7.02. The molecule has 1 aliphatic rings. The van der Waals surface area contributed by atoms with Gasteiger partial charge >= 0.3 is 0 Å².